The highest BCUT2D eigenvalue weighted by Crippen LogP contribution is 2.28. The minimum absolute atomic E-state index is 0.0897. The number of rotatable bonds is 3. The van der Waals surface area contributed by atoms with Crippen LogP contribution < -0.4 is 5.73 Å². The zero-order valence-electron chi connectivity index (χ0n) is 24.2. The fraction of sp³-hybridized carbons (Fsp3) is 0. The first kappa shape index (κ1) is 41.1. The second kappa shape index (κ2) is 17.2. The molecule has 10 nitrogen and oxygen atoms in total. The second-order valence-electron chi connectivity index (χ2n) is 9.55. The maximum absolute atomic E-state index is 11.1. The molecule has 0 unspecified atom stereocenters. The minimum Gasteiger partial charge on any atom is -0.398 e. The molecule has 0 fully saturated rings. The Labute approximate surface area is 314 Å². The van der Waals surface area contributed by atoms with Crippen LogP contribution in [0.25, 0.3) is 32.3 Å². The van der Waals surface area contributed by atoms with E-state index in [0.29, 0.717) is 11.1 Å². The number of hydrogen-bond acceptors (Lipinski definition) is 8. The normalized spacial score (nSPS) is 11.6. The molecule has 19 heteroatoms. The van der Waals surface area contributed by atoms with E-state index in [-0.39, 0.29) is 14.7 Å². The molecule has 0 atom stereocenters. The molecule has 0 amide bonds. The molecule has 4 N–H and O–H groups in total. The van der Waals surface area contributed by atoms with Gasteiger partial charge in [0.15, 0.2) is 0 Å². The van der Waals surface area contributed by atoms with Crippen molar-refractivity contribution in [2.24, 2.45) is 0 Å². The van der Waals surface area contributed by atoms with Crippen LogP contribution in [0.5, 0.6) is 0 Å². The van der Waals surface area contributed by atoms with Crippen molar-refractivity contribution in [1.82, 2.24) is 0 Å². The summed E-state index contributed by atoms with van der Waals surface area (Å²) in [5.74, 6) is 0. The van der Waals surface area contributed by atoms with E-state index in [1.54, 1.807) is 54.6 Å². The molecule has 0 aliphatic carbocycles. The summed E-state index contributed by atoms with van der Waals surface area (Å²) in [4.78, 5) is -0.0940. The molecule has 0 saturated carbocycles. The summed E-state index contributed by atoms with van der Waals surface area (Å²) >= 11 is 6.75. The number of benzene rings is 6. The Morgan fingerprint density at radius 1 is 0.551 bits per heavy atom. The molecule has 0 aromatic heterocycles. The Hall–Kier alpha value is -2.35. The Bertz CT molecular complexity index is 2250. The van der Waals surface area contributed by atoms with Crippen LogP contribution in [0.1, 0.15) is 0 Å². The average Bonchev–Trinajstić information content (AvgIpc) is 3.00. The Morgan fingerprint density at radius 2 is 0.878 bits per heavy atom. The summed E-state index contributed by atoms with van der Waals surface area (Å²) in [6.45, 7) is 0. The summed E-state index contributed by atoms with van der Waals surface area (Å²) in [7, 11) is 0.697. The first-order valence-electron chi connectivity index (χ1n) is 13.0. The second-order valence-corrected chi connectivity index (χ2v) is 19.2. The van der Waals surface area contributed by atoms with Gasteiger partial charge in [0.2, 0.25) is 9.23 Å². The third kappa shape index (κ3) is 12.1. The summed E-state index contributed by atoms with van der Waals surface area (Å²) in [6, 6.07) is 29.8. The van der Waals surface area contributed by atoms with Crippen LogP contribution in [-0.2, 0) is 38.5 Å². The highest BCUT2D eigenvalue weighted by atomic mass is 79.9. The number of halogens is 5. The molecule has 260 valence electrons. The lowest BCUT2D eigenvalue weighted by atomic mass is 10.1. The molecule has 6 rings (SSSR count). The lowest BCUT2D eigenvalue weighted by Gasteiger charge is -2.03. The zero-order chi connectivity index (χ0) is 36.7. The fourth-order valence-corrected chi connectivity index (χ4v) is 7.05. The largest absolute Gasteiger partial charge is 0.398 e. The first-order valence-corrected chi connectivity index (χ1v) is 22.5. The summed E-state index contributed by atoms with van der Waals surface area (Å²) < 4.78 is 94.5. The summed E-state index contributed by atoms with van der Waals surface area (Å²) in [5.41, 5.74) is 6.28. The van der Waals surface area contributed by atoms with Crippen molar-refractivity contribution in [2.45, 2.75) is 14.7 Å². The van der Waals surface area contributed by atoms with E-state index in [2.05, 4.69) is 53.2 Å². The number of nitrogen functional groups attached to an aromatic ring is 1. The Kier molecular flexibility index (Phi) is 14.5. The number of nitrogens with two attached hydrogens (primary N) is 1. The van der Waals surface area contributed by atoms with Crippen molar-refractivity contribution in [3.8, 4) is 0 Å². The molecule has 0 saturated heterocycles. The van der Waals surface area contributed by atoms with Gasteiger partial charge in [-0.25, -0.2) is 12.6 Å². The first-order chi connectivity index (χ1) is 22.7. The van der Waals surface area contributed by atoms with E-state index < -0.39 is 38.5 Å². The van der Waals surface area contributed by atoms with Gasteiger partial charge in [0, 0.05) is 52.1 Å². The van der Waals surface area contributed by atoms with Crippen LogP contribution in [0.15, 0.2) is 133 Å². The van der Waals surface area contributed by atoms with Gasteiger partial charge < -0.3 is 5.73 Å². The monoisotopic (exact) mass is 931 g/mol. The van der Waals surface area contributed by atoms with E-state index in [0.717, 1.165) is 35.9 Å². The van der Waals surface area contributed by atoms with Gasteiger partial charge in [-0.05, 0) is 81.5 Å². The molecule has 0 aliphatic heterocycles. The van der Waals surface area contributed by atoms with Crippen molar-refractivity contribution in [3.63, 3.8) is 0 Å². The van der Waals surface area contributed by atoms with Crippen LogP contribution in [-0.4, -0.2) is 38.6 Å². The predicted molar refractivity (Wildman–Crippen MR) is 204 cm³/mol. The third-order valence-corrected chi connectivity index (χ3v) is 10.8. The van der Waals surface area contributed by atoms with Crippen LogP contribution in [0.4, 0.5) is 5.69 Å². The van der Waals surface area contributed by atoms with Crippen molar-refractivity contribution in [1.29, 1.82) is 0 Å². The Balaban J connectivity index is 0.000000188. The Morgan fingerprint density at radius 3 is 1.27 bits per heavy atom. The molecule has 0 radical (unpaired) electrons. The van der Waals surface area contributed by atoms with E-state index in [1.165, 1.54) is 30.3 Å². The van der Waals surface area contributed by atoms with E-state index in [9.17, 15) is 25.3 Å². The predicted octanol–water partition coefficient (Wildman–Crippen LogP) is 9.09. The SMILES string of the molecule is Nc1cccc2cc(S(=O)(=O)O)ccc12.O=S(=O)(Cl)c1ccc2c(Br)cccc2c1.O=S(=O)(O)c1ccc2c(Br)cccc2c1.O=S(Cl)Cl. The van der Waals surface area contributed by atoms with Crippen molar-refractivity contribution >= 4 is 140 Å². The van der Waals surface area contributed by atoms with Gasteiger partial charge in [-0.1, -0.05) is 86.5 Å². The topological polar surface area (TPSA) is 186 Å². The van der Waals surface area contributed by atoms with Crippen molar-refractivity contribution < 1.29 is 38.6 Å². The quantitative estimate of drug-likeness (QED) is 0.0878. The van der Waals surface area contributed by atoms with Gasteiger partial charge >= 0.3 is 0 Å². The average molecular weight is 935 g/mol. The lowest BCUT2D eigenvalue weighted by Crippen LogP contribution is -1.97. The standard InChI is InChI=1S/C10H6BrClO2S.C10H7BrO3S.C10H9NO3S.Cl2OS/c3*11-10-3-1-2-7-6-8(15(12,13)14)4-5-9(7)10;1-4(2)3/h1-6H;1-6H,(H,12,13,14);1-6H,11H2,(H,12,13,14);. The minimum atomic E-state index is -4.15. The molecular weight excluding hydrogens is 913 g/mol. The van der Waals surface area contributed by atoms with Gasteiger partial charge in [-0.15, -0.1) is 0 Å². The maximum atomic E-state index is 11.1. The van der Waals surface area contributed by atoms with Gasteiger partial charge in [0.05, 0.1) is 14.7 Å². The molecule has 0 bridgehead atoms. The highest BCUT2D eigenvalue weighted by Gasteiger charge is 2.12. The lowest BCUT2D eigenvalue weighted by molar-refractivity contribution is 0.481. The third-order valence-electron chi connectivity index (χ3n) is 6.36. The number of fused-ring (bicyclic) bond motifs is 3. The molecule has 0 heterocycles. The number of anilines is 1. The van der Waals surface area contributed by atoms with E-state index in [4.69, 9.17) is 29.7 Å². The van der Waals surface area contributed by atoms with Crippen LogP contribution in [0.3, 0.4) is 0 Å². The van der Waals surface area contributed by atoms with E-state index >= 15 is 0 Å². The molecular formula is C30H22Br2Cl3NO9S4. The number of hydrogen-bond donors (Lipinski definition) is 3. The van der Waals surface area contributed by atoms with Crippen LogP contribution in [0, 0.1) is 0 Å². The fourth-order valence-electron chi connectivity index (χ4n) is 4.20. The van der Waals surface area contributed by atoms with Gasteiger partial charge in [-0.3, -0.25) is 9.11 Å². The van der Waals surface area contributed by atoms with E-state index in [1.807, 2.05) is 24.3 Å². The maximum Gasteiger partial charge on any atom is 0.294 e. The molecule has 49 heavy (non-hydrogen) atoms. The molecule has 0 aliphatic rings. The highest BCUT2D eigenvalue weighted by molar-refractivity contribution is 9.11. The van der Waals surface area contributed by atoms with Crippen LogP contribution in [0.2, 0.25) is 0 Å². The van der Waals surface area contributed by atoms with Crippen LogP contribution >= 0.6 is 63.9 Å². The summed E-state index contributed by atoms with van der Waals surface area (Å²) in [6.07, 6.45) is 0. The smallest absolute Gasteiger partial charge is 0.294 e. The van der Waals surface area contributed by atoms with Gasteiger partial charge in [0.1, 0.15) is 0 Å². The zero-order valence-corrected chi connectivity index (χ0v) is 33.0. The molecule has 6 aromatic rings. The molecule has 0 spiro atoms. The van der Waals surface area contributed by atoms with Gasteiger partial charge in [0.25, 0.3) is 29.3 Å². The van der Waals surface area contributed by atoms with Crippen molar-refractivity contribution in [3.05, 3.63) is 118 Å². The van der Waals surface area contributed by atoms with Crippen molar-refractivity contribution in [2.75, 3.05) is 5.73 Å². The summed E-state index contributed by atoms with van der Waals surface area (Å²) in [5, 5.41) is 4.92. The molecule has 6 aromatic carbocycles. The van der Waals surface area contributed by atoms with Gasteiger partial charge in [-0.2, -0.15) is 16.8 Å².